The monoisotopic (exact) mass is 342 g/mol. The van der Waals surface area contributed by atoms with Crippen molar-refractivity contribution >= 4 is 23.0 Å². The van der Waals surface area contributed by atoms with Gasteiger partial charge in [-0.15, -0.1) is 0 Å². The molecule has 0 saturated carbocycles. The van der Waals surface area contributed by atoms with Crippen molar-refractivity contribution in [2.75, 3.05) is 20.2 Å². The van der Waals surface area contributed by atoms with Crippen LogP contribution in [0.1, 0.15) is 34.6 Å². The zero-order valence-corrected chi connectivity index (χ0v) is 14.7. The van der Waals surface area contributed by atoms with Crippen molar-refractivity contribution in [2.45, 2.75) is 32.7 Å². The minimum Gasteiger partial charge on any atom is -0.453 e. The van der Waals surface area contributed by atoms with Crippen LogP contribution in [0.2, 0.25) is 0 Å². The topological polar surface area (TPSA) is 84.4 Å². The van der Waals surface area contributed by atoms with E-state index in [1.54, 1.807) is 17.0 Å². The number of carbonyl (C=O) groups is 2. The lowest BCUT2D eigenvalue weighted by Gasteiger charge is -2.31. The van der Waals surface area contributed by atoms with Crippen LogP contribution in [-0.2, 0) is 4.74 Å². The molecule has 3 rings (SSSR count). The highest BCUT2D eigenvalue weighted by Crippen LogP contribution is 2.16. The molecule has 1 aromatic heterocycles. The van der Waals surface area contributed by atoms with E-state index in [2.05, 4.69) is 15.3 Å². The molecule has 1 aliphatic rings. The van der Waals surface area contributed by atoms with Crippen LogP contribution in [0.3, 0.4) is 0 Å². The molecule has 2 heterocycles. The number of carbonyl (C=O) groups excluding carboxylic acids is 2. The quantitative estimate of drug-likeness (QED) is 0.904. The largest absolute Gasteiger partial charge is 0.453 e. The summed E-state index contributed by atoms with van der Waals surface area (Å²) in [6, 6.07) is 5.41. The lowest BCUT2D eigenvalue weighted by molar-refractivity contribution is 0.0892. The van der Waals surface area contributed by atoms with Gasteiger partial charge in [0.25, 0.3) is 5.91 Å². The number of hydrogen-bond acceptors (Lipinski definition) is 5. The second-order valence-electron chi connectivity index (χ2n) is 6.30. The van der Waals surface area contributed by atoms with Gasteiger partial charge in [-0.3, -0.25) is 4.79 Å². The Bertz CT molecular complexity index is 813. The molecule has 7 heteroatoms. The minimum absolute atomic E-state index is 0.0509. The van der Waals surface area contributed by atoms with Crippen LogP contribution in [0.4, 0.5) is 4.79 Å². The number of aryl methyl sites for hydroxylation is 2. The van der Waals surface area contributed by atoms with Gasteiger partial charge >= 0.3 is 6.09 Å². The van der Waals surface area contributed by atoms with Crippen molar-refractivity contribution in [3.05, 3.63) is 35.2 Å². The van der Waals surface area contributed by atoms with E-state index in [-0.39, 0.29) is 18.0 Å². The molecule has 0 atom stereocenters. The van der Waals surface area contributed by atoms with Gasteiger partial charge in [0.2, 0.25) is 0 Å². The first kappa shape index (κ1) is 17.1. The van der Waals surface area contributed by atoms with Crippen LogP contribution >= 0.6 is 0 Å². The van der Waals surface area contributed by atoms with E-state index < -0.39 is 0 Å². The van der Waals surface area contributed by atoms with Crippen LogP contribution in [0.5, 0.6) is 0 Å². The Hall–Kier alpha value is -2.70. The van der Waals surface area contributed by atoms with Gasteiger partial charge in [-0.2, -0.15) is 0 Å². The third-order valence-electron chi connectivity index (χ3n) is 4.60. The second kappa shape index (κ2) is 7.04. The predicted molar refractivity (Wildman–Crippen MR) is 93.5 cm³/mol. The number of rotatable bonds is 2. The highest BCUT2D eigenvalue weighted by molar-refractivity contribution is 5.97. The summed E-state index contributed by atoms with van der Waals surface area (Å²) in [6.45, 7) is 4.99. The number of nitrogens with one attached hydrogen (secondary N) is 1. The molecular formula is C18H22N4O3. The average molecular weight is 342 g/mol. The van der Waals surface area contributed by atoms with Gasteiger partial charge in [-0.25, -0.2) is 14.8 Å². The van der Waals surface area contributed by atoms with Gasteiger partial charge < -0.3 is 15.0 Å². The summed E-state index contributed by atoms with van der Waals surface area (Å²) in [4.78, 5) is 34.6. The summed E-state index contributed by atoms with van der Waals surface area (Å²) in [7, 11) is 1.38. The molecule has 0 bridgehead atoms. The van der Waals surface area contributed by atoms with E-state index >= 15 is 0 Å². The summed E-state index contributed by atoms with van der Waals surface area (Å²) >= 11 is 0. The Balaban J connectivity index is 1.67. The Labute approximate surface area is 146 Å². The zero-order valence-electron chi connectivity index (χ0n) is 14.7. The zero-order chi connectivity index (χ0) is 18.0. The van der Waals surface area contributed by atoms with Gasteiger partial charge in [-0.1, -0.05) is 0 Å². The molecule has 2 aromatic rings. The number of hydrogen-bond donors (Lipinski definition) is 1. The molecule has 7 nitrogen and oxygen atoms in total. The van der Waals surface area contributed by atoms with Crippen LogP contribution in [0.25, 0.3) is 11.0 Å². The predicted octanol–water partition coefficient (Wildman–Crippen LogP) is 2.21. The fraction of sp³-hybridized carbons (Fsp3) is 0.444. The second-order valence-corrected chi connectivity index (χ2v) is 6.30. The van der Waals surface area contributed by atoms with Gasteiger partial charge in [0.1, 0.15) is 0 Å². The van der Waals surface area contributed by atoms with Gasteiger partial charge in [0, 0.05) is 24.7 Å². The molecule has 1 aromatic carbocycles. The Morgan fingerprint density at radius 2 is 1.76 bits per heavy atom. The first-order valence-corrected chi connectivity index (χ1v) is 8.36. The van der Waals surface area contributed by atoms with Crippen LogP contribution < -0.4 is 5.32 Å². The standard InChI is InChI=1S/C18H22N4O3/c1-11-12(2)20-16-10-13(4-5-15(16)19-11)17(23)21-14-6-8-22(9-7-14)18(24)25-3/h4-5,10,14H,6-9H2,1-3H3,(H,21,23). The van der Waals surface area contributed by atoms with E-state index in [1.165, 1.54) is 7.11 Å². The molecule has 0 unspecified atom stereocenters. The summed E-state index contributed by atoms with van der Waals surface area (Å²) in [5, 5.41) is 3.04. The summed E-state index contributed by atoms with van der Waals surface area (Å²) in [5.41, 5.74) is 3.82. The van der Waals surface area contributed by atoms with Crippen molar-refractivity contribution in [3.63, 3.8) is 0 Å². The number of benzene rings is 1. The van der Waals surface area contributed by atoms with Crippen molar-refractivity contribution in [1.29, 1.82) is 0 Å². The number of nitrogens with zero attached hydrogens (tertiary/aromatic N) is 3. The maximum absolute atomic E-state index is 12.5. The van der Waals surface area contributed by atoms with Crippen molar-refractivity contribution < 1.29 is 14.3 Å². The highest BCUT2D eigenvalue weighted by atomic mass is 16.5. The van der Waals surface area contributed by atoms with Crippen molar-refractivity contribution in [1.82, 2.24) is 20.2 Å². The lowest BCUT2D eigenvalue weighted by Crippen LogP contribution is -2.46. The maximum atomic E-state index is 12.5. The number of piperidine rings is 1. The third kappa shape index (κ3) is 3.70. The number of fused-ring (bicyclic) bond motifs is 1. The molecule has 0 radical (unpaired) electrons. The van der Waals surface area contributed by atoms with Crippen molar-refractivity contribution in [3.8, 4) is 0 Å². The number of methoxy groups -OCH3 is 1. The number of likely N-dealkylation sites (tertiary alicyclic amines) is 1. The van der Waals surface area contributed by atoms with Crippen LogP contribution in [-0.4, -0.2) is 53.1 Å². The third-order valence-corrected chi connectivity index (χ3v) is 4.60. The maximum Gasteiger partial charge on any atom is 0.409 e. The smallest absolute Gasteiger partial charge is 0.409 e. The summed E-state index contributed by atoms with van der Waals surface area (Å²) in [5.74, 6) is -0.126. The molecule has 1 aliphatic heterocycles. The number of aromatic nitrogens is 2. The molecule has 1 saturated heterocycles. The normalized spacial score (nSPS) is 15.2. The molecule has 2 amide bonds. The fourth-order valence-electron chi connectivity index (χ4n) is 2.98. The number of ether oxygens (including phenoxy) is 1. The molecule has 1 fully saturated rings. The van der Waals surface area contributed by atoms with E-state index in [0.29, 0.717) is 31.5 Å². The minimum atomic E-state index is -0.316. The molecule has 0 spiro atoms. The summed E-state index contributed by atoms with van der Waals surface area (Å²) < 4.78 is 4.72. The number of amides is 2. The highest BCUT2D eigenvalue weighted by Gasteiger charge is 2.24. The van der Waals surface area contributed by atoms with E-state index in [9.17, 15) is 9.59 Å². The molecule has 1 N–H and O–H groups in total. The lowest BCUT2D eigenvalue weighted by atomic mass is 10.0. The first-order chi connectivity index (χ1) is 12.0. The van der Waals surface area contributed by atoms with Crippen molar-refractivity contribution in [2.24, 2.45) is 0 Å². The van der Waals surface area contributed by atoms with E-state index in [4.69, 9.17) is 4.74 Å². The Morgan fingerprint density at radius 1 is 1.12 bits per heavy atom. The SMILES string of the molecule is COC(=O)N1CCC(NC(=O)c2ccc3nc(C)c(C)nc3c2)CC1. The molecule has 0 aliphatic carbocycles. The first-order valence-electron chi connectivity index (χ1n) is 8.36. The molecule has 132 valence electrons. The van der Waals surface area contributed by atoms with E-state index in [1.807, 2.05) is 19.9 Å². The van der Waals surface area contributed by atoms with Crippen LogP contribution in [0.15, 0.2) is 18.2 Å². The Kier molecular flexibility index (Phi) is 4.83. The molecule has 25 heavy (non-hydrogen) atoms. The fourth-order valence-corrected chi connectivity index (χ4v) is 2.98. The van der Waals surface area contributed by atoms with Gasteiger partial charge in [-0.05, 0) is 44.9 Å². The average Bonchev–Trinajstić information content (AvgIpc) is 2.62. The summed E-state index contributed by atoms with van der Waals surface area (Å²) in [6.07, 6.45) is 1.11. The van der Waals surface area contributed by atoms with Gasteiger partial charge in [0.15, 0.2) is 0 Å². The Morgan fingerprint density at radius 3 is 2.40 bits per heavy atom. The van der Waals surface area contributed by atoms with Gasteiger partial charge in [0.05, 0.1) is 29.5 Å². The van der Waals surface area contributed by atoms with E-state index in [0.717, 1.165) is 22.4 Å². The molecular weight excluding hydrogens is 320 g/mol. The van der Waals surface area contributed by atoms with Crippen LogP contribution in [0, 0.1) is 13.8 Å².